The fraction of sp³-hybridized carbons (Fsp3) is 0.250. The van der Waals surface area contributed by atoms with Gasteiger partial charge in [-0.05, 0) is 18.6 Å². The third-order valence-corrected chi connectivity index (χ3v) is 3.04. The fourth-order valence-corrected chi connectivity index (χ4v) is 2.26. The Morgan fingerprint density at radius 1 is 1.60 bits per heavy atom. The second-order valence-corrected chi connectivity index (χ2v) is 5.29. The van der Waals surface area contributed by atoms with Gasteiger partial charge in [0.05, 0.1) is 4.99 Å². The van der Waals surface area contributed by atoms with Gasteiger partial charge in [-0.3, -0.25) is 4.72 Å². The van der Waals surface area contributed by atoms with E-state index in [-0.39, 0.29) is 16.6 Å². The smallest absolute Gasteiger partial charge is 0.240 e. The van der Waals surface area contributed by atoms with Gasteiger partial charge in [0.25, 0.3) is 0 Å². The number of rotatable bonds is 4. The summed E-state index contributed by atoms with van der Waals surface area (Å²) in [5, 5.41) is 0. The molecule has 7 heteroatoms. The number of nitrogens with one attached hydrogen (secondary N) is 1. The number of pyridine rings is 1. The summed E-state index contributed by atoms with van der Waals surface area (Å²) in [7, 11) is -3.53. The van der Waals surface area contributed by atoms with Crippen molar-refractivity contribution >= 4 is 33.0 Å². The van der Waals surface area contributed by atoms with Crippen molar-refractivity contribution in [2.24, 2.45) is 5.73 Å². The van der Waals surface area contributed by atoms with Crippen LogP contribution in [0.4, 0.5) is 5.82 Å². The largest absolute Gasteiger partial charge is 0.392 e. The second-order valence-electron chi connectivity index (χ2n) is 3.05. The standard InChI is InChI=1S/C8H11N3O2S2/c1-6-2-3-8(10-4-6)11-15(12,13)5-7(9)14/h2-4H,5H2,1H3,(H2,9,14)(H,10,11). The molecule has 0 saturated carbocycles. The van der Waals surface area contributed by atoms with Gasteiger partial charge >= 0.3 is 0 Å². The number of aromatic nitrogens is 1. The Morgan fingerprint density at radius 2 is 2.27 bits per heavy atom. The molecule has 0 unspecified atom stereocenters. The minimum absolute atomic E-state index is 0.0744. The number of aryl methyl sites for hydroxylation is 1. The van der Waals surface area contributed by atoms with Crippen LogP contribution in [0, 0.1) is 6.92 Å². The quantitative estimate of drug-likeness (QED) is 0.751. The van der Waals surface area contributed by atoms with Crippen LogP contribution in [0.2, 0.25) is 0 Å². The molecule has 3 N–H and O–H groups in total. The Morgan fingerprint density at radius 3 is 2.73 bits per heavy atom. The van der Waals surface area contributed by atoms with Gasteiger partial charge in [-0.25, -0.2) is 13.4 Å². The zero-order valence-corrected chi connectivity index (χ0v) is 9.73. The number of nitrogens with two attached hydrogens (primary N) is 1. The molecule has 0 saturated heterocycles. The summed E-state index contributed by atoms with van der Waals surface area (Å²) >= 11 is 4.52. The van der Waals surface area contributed by atoms with Crippen molar-refractivity contribution in [3.63, 3.8) is 0 Å². The first-order valence-electron chi connectivity index (χ1n) is 4.10. The van der Waals surface area contributed by atoms with E-state index < -0.39 is 10.0 Å². The normalized spacial score (nSPS) is 11.0. The maximum atomic E-state index is 11.4. The second kappa shape index (κ2) is 4.54. The number of hydrogen-bond donors (Lipinski definition) is 2. The highest BCUT2D eigenvalue weighted by Crippen LogP contribution is 2.06. The summed E-state index contributed by atoms with van der Waals surface area (Å²) < 4.78 is 25.0. The van der Waals surface area contributed by atoms with Crippen LogP contribution in [0.3, 0.4) is 0 Å². The molecule has 1 heterocycles. The van der Waals surface area contributed by atoms with Crippen LogP contribution in [0.15, 0.2) is 18.3 Å². The van der Waals surface area contributed by atoms with Crippen molar-refractivity contribution in [3.05, 3.63) is 23.9 Å². The van der Waals surface area contributed by atoms with Crippen LogP contribution in [0.25, 0.3) is 0 Å². The predicted molar refractivity (Wildman–Crippen MR) is 63.2 cm³/mol. The molecule has 0 radical (unpaired) electrons. The van der Waals surface area contributed by atoms with E-state index in [1.54, 1.807) is 18.3 Å². The topological polar surface area (TPSA) is 85.1 Å². The number of sulfonamides is 1. The van der Waals surface area contributed by atoms with E-state index in [0.717, 1.165) is 5.56 Å². The lowest BCUT2D eigenvalue weighted by Crippen LogP contribution is -2.26. The molecule has 0 bridgehead atoms. The van der Waals surface area contributed by atoms with E-state index in [1.165, 1.54) is 0 Å². The summed E-state index contributed by atoms with van der Waals surface area (Å²) in [6.07, 6.45) is 1.57. The van der Waals surface area contributed by atoms with E-state index in [2.05, 4.69) is 21.9 Å². The summed E-state index contributed by atoms with van der Waals surface area (Å²) in [6.45, 7) is 1.86. The Labute approximate surface area is 93.8 Å². The van der Waals surface area contributed by atoms with E-state index >= 15 is 0 Å². The monoisotopic (exact) mass is 245 g/mol. The Kier molecular flexibility index (Phi) is 3.59. The molecule has 0 aliphatic rings. The third-order valence-electron chi connectivity index (χ3n) is 1.50. The van der Waals surface area contributed by atoms with Gasteiger partial charge in [-0.15, -0.1) is 0 Å². The molecule has 1 aromatic rings. The average molecular weight is 245 g/mol. The molecule has 0 aliphatic heterocycles. The molecule has 5 nitrogen and oxygen atoms in total. The number of thiocarbonyl (C=S) groups is 1. The van der Waals surface area contributed by atoms with E-state index in [4.69, 9.17) is 5.73 Å². The van der Waals surface area contributed by atoms with Gasteiger partial charge in [0.1, 0.15) is 11.6 Å². The molecule has 82 valence electrons. The van der Waals surface area contributed by atoms with Crippen molar-refractivity contribution in [3.8, 4) is 0 Å². The van der Waals surface area contributed by atoms with Gasteiger partial charge in [0.2, 0.25) is 10.0 Å². The van der Waals surface area contributed by atoms with Gasteiger partial charge in [0, 0.05) is 6.20 Å². The molecule has 0 spiro atoms. The highest BCUT2D eigenvalue weighted by molar-refractivity contribution is 7.95. The van der Waals surface area contributed by atoms with Crippen molar-refractivity contribution in [2.45, 2.75) is 6.92 Å². The van der Waals surface area contributed by atoms with E-state index in [9.17, 15) is 8.42 Å². The SMILES string of the molecule is Cc1ccc(NS(=O)(=O)CC(N)=S)nc1. The van der Waals surface area contributed by atoms with Crippen LogP contribution in [-0.4, -0.2) is 24.1 Å². The van der Waals surface area contributed by atoms with Crippen LogP contribution in [0.5, 0.6) is 0 Å². The minimum Gasteiger partial charge on any atom is -0.392 e. The third kappa shape index (κ3) is 4.22. The number of hydrogen-bond acceptors (Lipinski definition) is 4. The molecular formula is C8H11N3O2S2. The first-order chi connectivity index (χ1) is 6.89. The Hall–Kier alpha value is -1.21. The molecule has 0 aromatic carbocycles. The first-order valence-corrected chi connectivity index (χ1v) is 6.16. The highest BCUT2D eigenvalue weighted by atomic mass is 32.2. The number of anilines is 1. The van der Waals surface area contributed by atoms with Crippen LogP contribution in [0.1, 0.15) is 5.56 Å². The fourth-order valence-electron chi connectivity index (χ4n) is 0.911. The van der Waals surface area contributed by atoms with Crippen molar-refractivity contribution in [2.75, 3.05) is 10.5 Å². The zero-order valence-electron chi connectivity index (χ0n) is 8.10. The predicted octanol–water partition coefficient (Wildman–Crippen LogP) is 0.418. The van der Waals surface area contributed by atoms with E-state index in [0.29, 0.717) is 0 Å². The van der Waals surface area contributed by atoms with Gasteiger partial charge in [-0.2, -0.15) is 0 Å². The molecular weight excluding hydrogens is 234 g/mol. The molecule has 0 aliphatic carbocycles. The van der Waals surface area contributed by atoms with Crippen LogP contribution >= 0.6 is 12.2 Å². The lowest BCUT2D eigenvalue weighted by Gasteiger charge is -2.05. The lowest BCUT2D eigenvalue weighted by atomic mass is 10.3. The average Bonchev–Trinajstić information content (AvgIpc) is 2.06. The minimum atomic E-state index is -3.53. The van der Waals surface area contributed by atoms with Gasteiger partial charge < -0.3 is 5.73 Å². The maximum absolute atomic E-state index is 11.4. The van der Waals surface area contributed by atoms with Crippen molar-refractivity contribution in [1.29, 1.82) is 0 Å². The summed E-state index contributed by atoms with van der Waals surface area (Å²) in [5.41, 5.74) is 6.10. The lowest BCUT2D eigenvalue weighted by molar-refractivity contribution is 0.604. The number of nitrogens with zero attached hydrogens (tertiary/aromatic N) is 1. The first kappa shape index (κ1) is 11.9. The zero-order chi connectivity index (χ0) is 11.5. The summed E-state index contributed by atoms with van der Waals surface area (Å²) in [5.74, 6) is -0.116. The van der Waals surface area contributed by atoms with Gasteiger partial charge in [-0.1, -0.05) is 18.3 Å². The van der Waals surface area contributed by atoms with Crippen LogP contribution < -0.4 is 10.5 Å². The van der Waals surface area contributed by atoms with Crippen LogP contribution in [-0.2, 0) is 10.0 Å². The molecule has 0 atom stereocenters. The molecule has 15 heavy (non-hydrogen) atoms. The van der Waals surface area contributed by atoms with Crippen molar-refractivity contribution in [1.82, 2.24) is 4.98 Å². The molecule has 0 fully saturated rings. The molecule has 1 rings (SSSR count). The van der Waals surface area contributed by atoms with Gasteiger partial charge in [0.15, 0.2) is 0 Å². The summed E-state index contributed by atoms with van der Waals surface area (Å²) in [4.78, 5) is 3.82. The maximum Gasteiger partial charge on any atom is 0.240 e. The Bertz CT molecular complexity index is 453. The van der Waals surface area contributed by atoms with Crippen molar-refractivity contribution < 1.29 is 8.42 Å². The van der Waals surface area contributed by atoms with E-state index in [1.807, 2.05) is 6.92 Å². The Balaban J connectivity index is 2.78. The molecule has 0 amide bonds. The highest BCUT2D eigenvalue weighted by Gasteiger charge is 2.12. The molecule has 1 aromatic heterocycles. The summed E-state index contributed by atoms with van der Waals surface area (Å²) in [6, 6.07) is 3.33.